The van der Waals surface area contributed by atoms with Crippen molar-refractivity contribution in [2.45, 2.75) is 18.9 Å². The fourth-order valence-corrected chi connectivity index (χ4v) is 1.12. The average Bonchev–Trinajstić information content (AvgIpc) is 2.59. The predicted octanol–water partition coefficient (Wildman–Crippen LogP) is 0.661. The molecular weight excluding hydrogens is 150 g/mol. The number of rotatable bonds is 2. The molecule has 0 spiro atoms. The Morgan fingerprint density at radius 3 is 2.80 bits per heavy atom. The van der Waals surface area contributed by atoms with Crippen molar-refractivity contribution in [3.8, 4) is 5.19 Å². The summed E-state index contributed by atoms with van der Waals surface area (Å²) in [6, 6.07) is 0. The SMILES string of the molecule is Nc1nnc(OC2CC2)s1. The van der Waals surface area contributed by atoms with Gasteiger partial charge in [0.2, 0.25) is 5.13 Å². The van der Waals surface area contributed by atoms with Crippen LogP contribution in [0.4, 0.5) is 5.13 Å². The molecule has 0 bridgehead atoms. The van der Waals surface area contributed by atoms with Crippen LogP contribution in [0.5, 0.6) is 5.19 Å². The highest BCUT2D eigenvalue weighted by Crippen LogP contribution is 2.29. The maximum Gasteiger partial charge on any atom is 0.296 e. The van der Waals surface area contributed by atoms with Gasteiger partial charge in [-0.15, -0.1) is 5.10 Å². The molecule has 4 nitrogen and oxygen atoms in total. The molecule has 1 aromatic rings. The summed E-state index contributed by atoms with van der Waals surface area (Å²) in [6.45, 7) is 0. The highest BCUT2D eigenvalue weighted by molar-refractivity contribution is 7.16. The van der Waals surface area contributed by atoms with Crippen molar-refractivity contribution in [1.82, 2.24) is 10.2 Å². The van der Waals surface area contributed by atoms with E-state index in [0.717, 1.165) is 12.8 Å². The number of ether oxygens (including phenoxy) is 1. The predicted molar refractivity (Wildman–Crippen MR) is 38.0 cm³/mol. The van der Waals surface area contributed by atoms with E-state index in [9.17, 15) is 0 Å². The molecule has 1 saturated carbocycles. The van der Waals surface area contributed by atoms with Crippen LogP contribution in [0.1, 0.15) is 12.8 Å². The lowest BCUT2D eigenvalue weighted by Crippen LogP contribution is -1.94. The summed E-state index contributed by atoms with van der Waals surface area (Å²) in [4.78, 5) is 0. The number of nitrogens with two attached hydrogens (primary N) is 1. The Morgan fingerprint density at radius 2 is 2.30 bits per heavy atom. The number of nitrogens with zero attached hydrogens (tertiary/aromatic N) is 2. The maximum absolute atomic E-state index is 5.34. The van der Waals surface area contributed by atoms with Crippen LogP contribution >= 0.6 is 11.3 Å². The molecule has 0 aliphatic heterocycles. The van der Waals surface area contributed by atoms with Crippen LogP contribution < -0.4 is 10.5 Å². The summed E-state index contributed by atoms with van der Waals surface area (Å²) in [7, 11) is 0. The summed E-state index contributed by atoms with van der Waals surface area (Å²) < 4.78 is 5.31. The molecule has 0 aromatic carbocycles. The summed E-state index contributed by atoms with van der Waals surface area (Å²) in [6.07, 6.45) is 2.66. The Morgan fingerprint density at radius 1 is 1.50 bits per heavy atom. The Kier molecular flexibility index (Phi) is 1.23. The second-order valence-electron chi connectivity index (χ2n) is 2.22. The summed E-state index contributed by atoms with van der Waals surface area (Å²) in [5.41, 5.74) is 5.34. The standard InChI is InChI=1S/C5H7N3OS/c6-4-7-8-5(10-4)9-3-1-2-3/h3H,1-2H2,(H2,6,7). The summed E-state index contributed by atoms with van der Waals surface area (Å²) in [5, 5.41) is 8.40. The number of aromatic nitrogens is 2. The zero-order valence-corrected chi connectivity index (χ0v) is 6.10. The second kappa shape index (κ2) is 2.09. The third-order valence-electron chi connectivity index (χ3n) is 1.21. The van der Waals surface area contributed by atoms with Crippen LogP contribution in [0.3, 0.4) is 0 Å². The molecule has 0 radical (unpaired) electrons. The van der Waals surface area contributed by atoms with Gasteiger partial charge in [0.1, 0.15) is 6.10 Å². The van der Waals surface area contributed by atoms with Crippen LogP contribution in [0.15, 0.2) is 0 Å². The molecular formula is C5H7N3OS. The zero-order chi connectivity index (χ0) is 6.97. The van der Waals surface area contributed by atoms with Crippen molar-refractivity contribution in [2.75, 3.05) is 5.73 Å². The third kappa shape index (κ3) is 1.18. The van der Waals surface area contributed by atoms with Crippen molar-refractivity contribution < 1.29 is 4.74 Å². The monoisotopic (exact) mass is 157 g/mol. The van der Waals surface area contributed by atoms with E-state index < -0.39 is 0 Å². The minimum atomic E-state index is 0.382. The fraction of sp³-hybridized carbons (Fsp3) is 0.600. The Bertz CT molecular complexity index is 233. The van der Waals surface area contributed by atoms with E-state index in [1.54, 1.807) is 0 Å². The van der Waals surface area contributed by atoms with Crippen molar-refractivity contribution in [1.29, 1.82) is 0 Å². The van der Waals surface area contributed by atoms with Crippen molar-refractivity contribution in [3.63, 3.8) is 0 Å². The lowest BCUT2D eigenvalue weighted by molar-refractivity contribution is 0.299. The molecule has 0 unspecified atom stereocenters. The van der Waals surface area contributed by atoms with Crippen molar-refractivity contribution in [2.24, 2.45) is 0 Å². The van der Waals surface area contributed by atoms with Gasteiger partial charge in [-0.05, 0) is 24.2 Å². The summed E-state index contributed by atoms with van der Waals surface area (Å²) >= 11 is 1.29. The number of hydrogen-bond donors (Lipinski definition) is 1. The first kappa shape index (κ1) is 5.91. The molecule has 1 heterocycles. The quantitative estimate of drug-likeness (QED) is 0.685. The molecule has 0 atom stereocenters. The van der Waals surface area contributed by atoms with E-state index >= 15 is 0 Å². The molecule has 2 N–H and O–H groups in total. The second-order valence-corrected chi connectivity index (χ2v) is 3.20. The minimum Gasteiger partial charge on any atom is -0.466 e. The van der Waals surface area contributed by atoms with Crippen LogP contribution in [-0.4, -0.2) is 16.3 Å². The van der Waals surface area contributed by atoms with Gasteiger partial charge in [-0.25, -0.2) is 0 Å². The summed E-state index contributed by atoms with van der Waals surface area (Å²) in [5.74, 6) is 0. The van der Waals surface area contributed by atoms with Crippen LogP contribution in [-0.2, 0) is 0 Å². The third-order valence-corrected chi connectivity index (χ3v) is 1.86. The van der Waals surface area contributed by atoms with Gasteiger partial charge in [0, 0.05) is 0 Å². The van der Waals surface area contributed by atoms with Crippen molar-refractivity contribution >= 4 is 16.5 Å². The zero-order valence-electron chi connectivity index (χ0n) is 5.28. The van der Waals surface area contributed by atoms with Crippen LogP contribution in [0.2, 0.25) is 0 Å². The molecule has 1 aromatic heterocycles. The first-order valence-corrected chi connectivity index (χ1v) is 3.92. The molecule has 54 valence electrons. The first-order valence-electron chi connectivity index (χ1n) is 3.10. The van der Waals surface area contributed by atoms with Crippen LogP contribution in [0.25, 0.3) is 0 Å². The van der Waals surface area contributed by atoms with Gasteiger partial charge in [0.25, 0.3) is 5.19 Å². The minimum absolute atomic E-state index is 0.382. The maximum atomic E-state index is 5.34. The van der Waals surface area contributed by atoms with Gasteiger partial charge < -0.3 is 10.5 Å². The van der Waals surface area contributed by atoms with Gasteiger partial charge >= 0.3 is 0 Å². The number of hydrogen-bond acceptors (Lipinski definition) is 5. The molecule has 1 fully saturated rings. The van der Waals surface area contributed by atoms with Gasteiger partial charge in [-0.1, -0.05) is 5.10 Å². The van der Waals surface area contributed by atoms with Gasteiger partial charge in [-0.3, -0.25) is 0 Å². The van der Waals surface area contributed by atoms with Crippen LogP contribution in [0, 0.1) is 0 Å². The normalized spacial score (nSPS) is 17.2. The Labute approximate surface area is 62.0 Å². The smallest absolute Gasteiger partial charge is 0.296 e. The molecule has 10 heavy (non-hydrogen) atoms. The fourth-order valence-electron chi connectivity index (χ4n) is 0.596. The molecule has 5 heteroatoms. The van der Waals surface area contributed by atoms with E-state index in [1.165, 1.54) is 11.3 Å². The van der Waals surface area contributed by atoms with Crippen molar-refractivity contribution in [3.05, 3.63) is 0 Å². The Hall–Kier alpha value is -0.840. The van der Waals surface area contributed by atoms with E-state index in [0.29, 0.717) is 16.4 Å². The van der Waals surface area contributed by atoms with E-state index in [1.807, 2.05) is 0 Å². The first-order chi connectivity index (χ1) is 4.84. The Balaban J connectivity index is 2.03. The molecule has 1 aliphatic rings. The van der Waals surface area contributed by atoms with Gasteiger partial charge in [-0.2, -0.15) is 0 Å². The largest absolute Gasteiger partial charge is 0.466 e. The topological polar surface area (TPSA) is 61.0 Å². The lowest BCUT2D eigenvalue weighted by Gasteiger charge is -1.93. The highest BCUT2D eigenvalue weighted by atomic mass is 32.1. The van der Waals surface area contributed by atoms with E-state index in [4.69, 9.17) is 10.5 Å². The van der Waals surface area contributed by atoms with Gasteiger partial charge in [0.15, 0.2) is 0 Å². The number of nitrogen functional groups attached to an aromatic ring is 1. The van der Waals surface area contributed by atoms with E-state index in [2.05, 4.69) is 10.2 Å². The lowest BCUT2D eigenvalue weighted by atomic mass is 10.8. The molecule has 1 aliphatic carbocycles. The molecule has 0 amide bonds. The molecule has 0 saturated heterocycles. The number of anilines is 1. The van der Waals surface area contributed by atoms with Gasteiger partial charge in [0.05, 0.1) is 0 Å². The highest BCUT2D eigenvalue weighted by Gasteiger charge is 2.24. The average molecular weight is 157 g/mol. The molecule has 2 rings (SSSR count). The van der Waals surface area contributed by atoms with E-state index in [-0.39, 0.29) is 0 Å².